The van der Waals surface area contributed by atoms with E-state index in [4.69, 9.17) is 9.84 Å². The summed E-state index contributed by atoms with van der Waals surface area (Å²) in [5.74, 6) is -0.214. The monoisotopic (exact) mass is 235 g/mol. The molecule has 0 saturated heterocycles. The summed E-state index contributed by atoms with van der Waals surface area (Å²) in [5.41, 5.74) is 2.16. The van der Waals surface area contributed by atoms with Gasteiger partial charge in [-0.2, -0.15) is 0 Å². The van der Waals surface area contributed by atoms with Gasteiger partial charge in [0.05, 0.1) is 12.5 Å². The average molecular weight is 235 g/mol. The molecule has 4 heteroatoms. The van der Waals surface area contributed by atoms with Gasteiger partial charge in [-0.15, -0.1) is 0 Å². The Kier molecular flexibility index (Phi) is 3.52. The van der Waals surface area contributed by atoms with Crippen molar-refractivity contribution in [3.05, 3.63) is 23.8 Å². The Labute approximate surface area is 101 Å². The van der Waals surface area contributed by atoms with Crippen molar-refractivity contribution >= 4 is 11.7 Å². The van der Waals surface area contributed by atoms with Crippen LogP contribution in [0.4, 0.5) is 5.69 Å². The first-order valence-corrected chi connectivity index (χ1v) is 5.89. The fourth-order valence-electron chi connectivity index (χ4n) is 1.83. The van der Waals surface area contributed by atoms with Gasteiger partial charge in [-0.05, 0) is 36.6 Å². The topological polar surface area (TPSA) is 58.6 Å². The number of carboxylic acids is 1. The molecule has 0 fully saturated rings. The number of rotatable bonds is 4. The minimum Gasteiger partial charge on any atom is -0.493 e. The van der Waals surface area contributed by atoms with E-state index in [0.717, 1.165) is 30.9 Å². The summed E-state index contributed by atoms with van der Waals surface area (Å²) in [4.78, 5) is 10.7. The van der Waals surface area contributed by atoms with Crippen molar-refractivity contribution in [1.82, 2.24) is 0 Å². The number of carbonyl (C=O) groups is 1. The summed E-state index contributed by atoms with van der Waals surface area (Å²) in [5, 5.41) is 11.9. The SMILES string of the molecule is CC(CNc1ccc2c(c1)CCCO2)C(=O)O. The summed E-state index contributed by atoms with van der Waals surface area (Å²) < 4.78 is 5.52. The van der Waals surface area contributed by atoms with E-state index in [2.05, 4.69) is 5.32 Å². The first-order chi connectivity index (χ1) is 8.16. The second-order valence-corrected chi connectivity index (χ2v) is 4.39. The van der Waals surface area contributed by atoms with Crippen molar-refractivity contribution in [1.29, 1.82) is 0 Å². The number of hydrogen-bond acceptors (Lipinski definition) is 3. The molecule has 2 rings (SSSR count). The van der Waals surface area contributed by atoms with Crippen LogP contribution in [0.3, 0.4) is 0 Å². The number of carboxylic acid groups (broad SMARTS) is 1. The van der Waals surface area contributed by atoms with Crippen molar-refractivity contribution in [2.45, 2.75) is 19.8 Å². The molecule has 0 saturated carbocycles. The van der Waals surface area contributed by atoms with E-state index in [1.165, 1.54) is 5.56 Å². The quantitative estimate of drug-likeness (QED) is 0.839. The van der Waals surface area contributed by atoms with Crippen molar-refractivity contribution < 1.29 is 14.6 Å². The van der Waals surface area contributed by atoms with Crippen LogP contribution in [0, 0.1) is 5.92 Å². The summed E-state index contributed by atoms with van der Waals surface area (Å²) in [6.45, 7) is 2.92. The van der Waals surface area contributed by atoms with E-state index in [1.54, 1.807) is 6.92 Å². The van der Waals surface area contributed by atoms with Gasteiger partial charge in [-0.25, -0.2) is 0 Å². The van der Waals surface area contributed by atoms with E-state index >= 15 is 0 Å². The number of fused-ring (bicyclic) bond motifs is 1. The third-order valence-electron chi connectivity index (χ3n) is 2.94. The number of ether oxygens (including phenoxy) is 1. The normalized spacial score (nSPS) is 15.6. The third kappa shape index (κ3) is 2.90. The average Bonchev–Trinajstić information content (AvgIpc) is 2.35. The third-order valence-corrected chi connectivity index (χ3v) is 2.94. The second kappa shape index (κ2) is 5.08. The van der Waals surface area contributed by atoms with Crippen LogP contribution in [0.5, 0.6) is 5.75 Å². The Hall–Kier alpha value is -1.71. The largest absolute Gasteiger partial charge is 0.493 e. The molecule has 1 aromatic carbocycles. The molecule has 0 radical (unpaired) electrons. The predicted molar refractivity (Wildman–Crippen MR) is 65.5 cm³/mol. The molecule has 4 nitrogen and oxygen atoms in total. The van der Waals surface area contributed by atoms with Gasteiger partial charge in [-0.1, -0.05) is 6.92 Å². The lowest BCUT2D eigenvalue weighted by Crippen LogP contribution is -2.19. The summed E-state index contributed by atoms with van der Waals surface area (Å²) >= 11 is 0. The summed E-state index contributed by atoms with van der Waals surface area (Å²) in [6, 6.07) is 5.92. The van der Waals surface area contributed by atoms with E-state index in [0.29, 0.717) is 6.54 Å². The molecule has 1 aromatic rings. The van der Waals surface area contributed by atoms with Crippen LogP contribution in [-0.4, -0.2) is 24.2 Å². The predicted octanol–water partition coefficient (Wildman–Crippen LogP) is 2.14. The zero-order chi connectivity index (χ0) is 12.3. The number of benzene rings is 1. The molecule has 0 bridgehead atoms. The number of hydrogen-bond donors (Lipinski definition) is 2. The van der Waals surface area contributed by atoms with Gasteiger partial charge in [0, 0.05) is 12.2 Å². The van der Waals surface area contributed by atoms with Crippen molar-refractivity contribution in [2.75, 3.05) is 18.5 Å². The minimum atomic E-state index is -0.779. The standard InChI is InChI=1S/C13H17NO3/c1-9(13(15)16)8-14-11-4-5-12-10(7-11)3-2-6-17-12/h4-5,7,9,14H,2-3,6,8H2,1H3,(H,15,16). The lowest BCUT2D eigenvalue weighted by molar-refractivity contribution is -0.140. The fourth-order valence-corrected chi connectivity index (χ4v) is 1.83. The highest BCUT2D eigenvalue weighted by atomic mass is 16.5. The van der Waals surface area contributed by atoms with Gasteiger partial charge in [0.1, 0.15) is 5.75 Å². The molecule has 0 aromatic heterocycles. The molecule has 1 aliphatic heterocycles. The van der Waals surface area contributed by atoms with Gasteiger partial charge in [0.15, 0.2) is 0 Å². The van der Waals surface area contributed by atoms with Crippen molar-refractivity contribution in [2.24, 2.45) is 5.92 Å². The summed E-state index contributed by atoms with van der Waals surface area (Å²) in [6.07, 6.45) is 2.07. The maximum absolute atomic E-state index is 10.7. The summed E-state index contributed by atoms with van der Waals surface area (Å²) in [7, 11) is 0. The van der Waals surface area contributed by atoms with Crippen LogP contribution in [0.15, 0.2) is 18.2 Å². The van der Waals surface area contributed by atoms with Crippen LogP contribution >= 0.6 is 0 Å². The first kappa shape index (κ1) is 11.8. The van der Waals surface area contributed by atoms with Crippen molar-refractivity contribution in [3.63, 3.8) is 0 Å². The smallest absolute Gasteiger partial charge is 0.308 e. The number of aliphatic carboxylic acids is 1. The van der Waals surface area contributed by atoms with Crippen molar-refractivity contribution in [3.8, 4) is 5.75 Å². The molecular weight excluding hydrogens is 218 g/mol. The second-order valence-electron chi connectivity index (χ2n) is 4.39. The van der Waals surface area contributed by atoms with Crippen LogP contribution in [0.1, 0.15) is 18.9 Å². The molecule has 1 heterocycles. The highest BCUT2D eigenvalue weighted by Gasteiger charge is 2.12. The van der Waals surface area contributed by atoms with Gasteiger partial charge < -0.3 is 15.2 Å². The van der Waals surface area contributed by atoms with Gasteiger partial charge in [0.2, 0.25) is 0 Å². The molecule has 0 spiro atoms. The van der Waals surface area contributed by atoms with Crippen LogP contribution in [-0.2, 0) is 11.2 Å². The molecule has 0 aliphatic carbocycles. The Bertz CT molecular complexity index is 417. The molecule has 1 unspecified atom stereocenters. The first-order valence-electron chi connectivity index (χ1n) is 5.89. The lowest BCUT2D eigenvalue weighted by Gasteiger charge is -2.18. The van der Waals surface area contributed by atoms with E-state index in [9.17, 15) is 4.79 Å². The van der Waals surface area contributed by atoms with Crippen LogP contribution < -0.4 is 10.1 Å². The van der Waals surface area contributed by atoms with Crippen LogP contribution in [0.2, 0.25) is 0 Å². The molecule has 17 heavy (non-hydrogen) atoms. The molecule has 92 valence electrons. The van der Waals surface area contributed by atoms with Crippen LogP contribution in [0.25, 0.3) is 0 Å². The Morgan fingerprint density at radius 1 is 1.59 bits per heavy atom. The maximum atomic E-state index is 10.7. The molecule has 1 atom stereocenters. The molecule has 1 aliphatic rings. The van der Waals surface area contributed by atoms with Gasteiger partial charge in [0.25, 0.3) is 0 Å². The lowest BCUT2D eigenvalue weighted by atomic mass is 10.1. The minimum absolute atomic E-state index is 0.387. The Balaban J connectivity index is 2.00. The van der Waals surface area contributed by atoms with Gasteiger partial charge >= 0.3 is 5.97 Å². The van der Waals surface area contributed by atoms with E-state index in [-0.39, 0.29) is 5.92 Å². The highest BCUT2D eigenvalue weighted by Crippen LogP contribution is 2.27. The number of nitrogens with one attached hydrogen (secondary N) is 1. The molecule has 0 amide bonds. The zero-order valence-corrected chi connectivity index (χ0v) is 9.90. The van der Waals surface area contributed by atoms with E-state index in [1.807, 2.05) is 18.2 Å². The van der Waals surface area contributed by atoms with E-state index < -0.39 is 5.97 Å². The molecule has 2 N–H and O–H groups in total. The highest BCUT2D eigenvalue weighted by molar-refractivity contribution is 5.70. The fraction of sp³-hybridized carbons (Fsp3) is 0.462. The zero-order valence-electron chi connectivity index (χ0n) is 9.90. The maximum Gasteiger partial charge on any atom is 0.308 e. The number of aryl methyl sites for hydroxylation is 1. The molecular formula is C13H17NO3. The Morgan fingerprint density at radius 3 is 3.18 bits per heavy atom. The Morgan fingerprint density at radius 2 is 2.41 bits per heavy atom. The van der Waals surface area contributed by atoms with Gasteiger partial charge in [-0.3, -0.25) is 4.79 Å². The number of anilines is 1.